The van der Waals surface area contributed by atoms with E-state index in [1.54, 1.807) is 0 Å². The molecule has 0 atom stereocenters. The molecule has 0 spiro atoms. The van der Waals surface area contributed by atoms with Gasteiger partial charge in [-0.25, -0.2) is 15.8 Å². The van der Waals surface area contributed by atoms with Crippen LogP contribution in [0, 0.1) is 0 Å². The largest absolute Gasteiger partial charge is 0.374 e. The summed E-state index contributed by atoms with van der Waals surface area (Å²) in [5.41, 5.74) is 2.56. The number of hydrogen-bond donors (Lipinski definition) is 3. The van der Waals surface area contributed by atoms with Crippen LogP contribution in [0.15, 0.2) is 6.07 Å². The molecule has 0 unspecified atom stereocenters. The number of nitrogens with one attached hydrogen (secondary N) is 2. The van der Waals surface area contributed by atoms with E-state index in [4.69, 9.17) is 10.6 Å². The van der Waals surface area contributed by atoms with E-state index in [0.717, 1.165) is 5.82 Å². The third-order valence-corrected chi connectivity index (χ3v) is 3.06. The quantitative estimate of drug-likeness (QED) is 0.526. The summed E-state index contributed by atoms with van der Waals surface area (Å²) in [4.78, 5) is 8.69. The van der Waals surface area contributed by atoms with Gasteiger partial charge in [0.1, 0.15) is 18.2 Å². The molecule has 6 heteroatoms. The second kappa shape index (κ2) is 6.51. The smallest absolute Gasteiger partial charge is 0.158 e. The van der Waals surface area contributed by atoms with Crippen LogP contribution >= 0.6 is 0 Å². The van der Waals surface area contributed by atoms with Gasteiger partial charge in [-0.1, -0.05) is 12.8 Å². The maximum absolute atomic E-state index is 5.42. The van der Waals surface area contributed by atoms with E-state index >= 15 is 0 Å². The van der Waals surface area contributed by atoms with E-state index < -0.39 is 0 Å². The Morgan fingerprint density at radius 2 is 2.06 bits per heavy atom. The lowest BCUT2D eigenvalue weighted by molar-refractivity contribution is 0.128. The van der Waals surface area contributed by atoms with Gasteiger partial charge < -0.3 is 15.5 Å². The minimum Gasteiger partial charge on any atom is -0.374 e. The maximum Gasteiger partial charge on any atom is 0.158 e. The molecule has 0 saturated heterocycles. The molecule has 1 aromatic rings. The van der Waals surface area contributed by atoms with Crippen molar-refractivity contribution in [1.29, 1.82) is 0 Å². The van der Waals surface area contributed by atoms with Crippen LogP contribution in [0.3, 0.4) is 0 Å². The Morgan fingerprint density at radius 1 is 1.33 bits per heavy atom. The Morgan fingerprint density at radius 3 is 2.72 bits per heavy atom. The molecule has 0 amide bonds. The molecule has 1 heterocycles. The highest BCUT2D eigenvalue weighted by Gasteiger charge is 2.15. The highest BCUT2D eigenvalue weighted by molar-refractivity contribution is 5.47. The zero-order chi connectivity index (χ0) is 12.8. The van der Waals surface area contributed by atoms with E-state index in [0.29, 0.717) is 30.9 Å². The van der Waals surface area contributed by atoms with Crippen LogP contribution in [0.2, 0.25) is 0 Å². The number of hydrazine groups is 1. The average molecular weight is 251 g/mol. The van der Waals surface area contributed by atoms with Crippen LogP contribution in [0.4, 0.5) is 11.6 Å². The van der Waals surface area contributed by atoms with Crippen molar-refractivity contribution in [2.45, 2.75) is 45.3 Å². The number of anilines is 2. The zero-order valence-electron chi connectivity index (χ0n) is 10.8. The summed E-state index contributed by atoms with van der Waals surface area (Å²) in [6, 6.07) is 2.35. The molecule has 4 N–H and O–H groups in total. The predicted octanol–water partition coefficient (Wildman–Crippen LogP) is 1.65. The lowest BCUT2D eigenvalue weighted by Gasteiger charge is -2.14. The summed E-state index contributed by atoms with van der Waals surface area (Å²) < 4.78 is 5.32. The lowest BCUT2D eigenvalue weighted by atomic mass is 10.2. The first-order chi connectivity index (χ1) is 8.81. The van der Waals surface area contributed by atoms with Crippen molar-refractivity contribution in [2.75, 3.05) is 17.3 Å². The van der Waals surface area contributed by atoms with Crippen LogP contribution < -0.4 is 16.6 Å². The van der Waals surface area contributed by atoms with Crippen molar-refractivity contribution >= 4 is 11.6 Å². The van der Waals surface area contributed by atoms with Crippen LogP contribution in [-0.2, 0) is 11.3 Å². The van der Waals surface area contributed by atoms with Crippen molar-refractivity contribution < 1.29 is 4.74 Å². The fourth-order valence-electron chi connectivity index (χ4n) is 2.18. The molecule has 18 heavy (non-hydrogen) atoms. The standard InChI is InChI=1S/C12H21N5O/c1-2-18-8-12-15-10(7-11(16-12)17-13)14-9-5-3-4-6-9/h7,9H,2-6,8,13H2,1H3,(H2,14,15,16,17). The number of nitrogen functional groups attached to an aromatic ring is 1. The third kappa shape index (κ3) is 3.54. The molecular weight excluding hydrogens is 230 g/mol. The van der Waals surface area contributed by atoms with E-state index in [9.17, 15) is 0 Å². The van der Waals surface area contributed by atoms with E-state index in [1.807, 2.05) is 13.0 Å². The van der Waals surface area contributed by atoms with Gasteiger partial charge in [0.05, 0.1) is 0 Å². The first-order valence-electron chi connectivity index (χ1n) is 6.50. The average Bonchev–Trinajstić information content (AvgIpc) is 2.89. The molecular formula is C12H21N5O. The summed E-state index contributed by atoms with van der Waals surface area (Å²) in [5, 5.41) is 3.43. The summed E-state index contributed by atoms with van der Waals surface area (Å²) in [7, 11) is 0. The first kappa shape index (κ1) is 13.0. The molecule has 1 fully saturated rings. The monoisotopic (exact) mass is 251 g/mol. The van der Waals surface area contributed by atoms with E-state index in [-0.39, 0.29) is 0 Å². The molecule has 100 valence electrons. The maximum atomic E-state index is 5.42. The van der Waals surface area contributed by atoms with Gasteiger partial charge in [0.25, 0.3) is 0 Å². The van der Waals surface area contributed by atoms with E-state index in [1.165, 1.54) is 25.7 Å². The summed E-state index contributed by atoms with van der Waals surface area (Å²) in [5.74, 6) is 7.49. The van der Waals surface area contributed by atoms with Gasteiger partial charge in [-0.2, -0.15) is 0 Å². The Bertz CT molecular complexity index is 379. The molecule has 0 aliphatic heterocycles. The third-order valence-electron chi connectivity index (χ3n) is 3.06. The molecule has 1 aromatic heterocycles. The van der Waals surface area contributed by atoms with Gasteiger partial charge in [0.15, 0.2) is 5.82 Å². The highest BCUT2D eigenvalue weighted by Crippen LogP contribution is 2.22. The lowest BCUT2D eigenvalue weighted by Crippen LogP contribution is -2.18. The molecule has 1 aliphatic carbocycles. The number of hydrogen-bond acceptors (Lipinski definition) is 6. The molecule has 1 saturated carbocycles. The highest BCUT2D eigenvalue weighted by atomic mass is 16.5. The van der Waals surface area contributed by atoms with Gasteiger partial charge >= 0.3 is 0 Å². The van der Waals surface area contributed by atoms with Gasteiger partial charge in [0.2, 0.25) is 0 Å². The van der Waals surface area contributed by atoms with Crippen LogP contribution in [0.5, 0.6) is 0 Å². The minimum atomic E-state index is 0.408. The number of ether oxygens (including phenoxy) is 1. The molecule has 0 radical (unpaired) electrons. The molecule has 6 nitrogen and oxygen atoms in total. The zero-order valence-corrected chi connectivity index (χ0v) is 10.8. The second-order valence-electron chi connectivity index (χ2n) is 4.46. The summed E-state index contributed by atoms with van der Waals surface area (Å²) >= 11 is 0. The fourth-order valence-corrected chi connectivity index (χ4v) is 2.18. The second-order valence-corrected chi connectivity index (χ2v) is 4.46. The topological polar surface area (TPSA) is 85.1 Å². The summed E-state index contributed by atoms with van der Waals surface area (Å²) in [6.07, 6.45) is 4.99. The van der Waals surface area contributed by atoms with Crippen molar-refractivity contribution in [3.05, 3.63) is 11.9 Å². The van der Waals surface area contributed by atoms with Crippen LogP contribution in [0.25, 0.3) is 0 Å². The van der Waals surface area contributed by atoms with Crippen LogP contribution in [0.1, 0.15) is 38.4 Å². The predicted molar refractivity (Wildman–Crippen MR) is 71.1 cm³/mol. The van der Waals surface area contributed by atoms with Gasteiger partial charge in [0, 0.05) is 18.7 Å². The Hall–Kier alpha value is -1.40. The Kier molecular flexibility index (Phi) is 4.72. The van der Waals surface area contributed by atoms with Gasteiger partial charge in [-0.15, -0.1) is 0 Å². The number of rotatable bonds is 6. The molecule has 1 aliphatic rings. The van der Waals surface area contributed by atoms with E-state index in [2.05, 4.69) is 20.7 Å². The number of aromatic nitrogens is 2. The van der Waals surface area contributed by atoms with Gasteiger partial charge in [-0.3, -0.25) is 0 Å². The summed E-state index contributed by atoms with van der Waals surface area (Å²) in [6.45, 7) is 3.00. The fraction of sp³-hybridized carbons (Fsp3) is 0.667. The molecule has 0 bridgehead atoms. The van der Waals surface area contributed by atoms with Gasteiger partial charge in [-0.05, 0) is 19.8 Å². The van der Waals surface area contributed by atoms with Crippen molar-refractivity contribution in [2.24, 2.45) is 5.84 Å². The van der Waals surface area contributed by atoms with Crippen molar-refractivity contribution in [3.8, 4) is 0 Å². The first-order valence-corrected chi connectivity index (χ1v) is 6.50. The van der Waals surface area contributed by atoms with Crippen LogP contribution in [-0.4, -0.2) is 22.6 Å². The molecule has 0 aromatic carbocycles. The SMILES string of the molecule is CCOCc1nc(NN)cc(NC2CCCC2)n1. The van der Waals surface area contributed by atoms with Crippen molar-refractivity contribution in [1.82, 2.24) is 9.97 Å². The minimum absolute atomic E-state index is 0.408. The Balaban J connectivity index is 2.06. The molecule has 2 rings (SSSR count). The normalized spacial score (nSPS) is 15.9. The van der Waals surface area contributed by atoms with Crippen molar-refractivity contribution in [3.63, 3.8) is 0 Å². The number of nitrogens with zero attached hydrogens (tertiary/aromatic N) is 2. The Labute approximate surface area is 107 Å². The number of nitrogens with two attached hydrogens (primary N) is 1.